The minimum Gasteiger partial charge on any atom is -0.496 e. The summed E-state index contributed by atoms with van der Waals surface area (Å²) in [5.41, 5.74) is 4.53. The van der Waals surface area contributed by atoms with Gasteiger partial charge in [0, 0.05) is 6.42 Å². The Morgan fingerprint density at radius 2 is 1.77 bits per heavy atom. The summed E-state index contributed by atoms with van der Waals surface area (Å²) in [5.74, 6) is 1.11. The summed E-state index contributed by atoms with van der Waals surface area (Å²) in [6, 6.07) is 8.59. The second kappa shape index (κ2) is 10.8. The Bertz CT molecular complexity index is 943. The van der Waals surface area contributed by atoms with Crippen molar-refractivity contribution in [2.45, 2.75) is 26.2 Å². The number of nitrogens with one attached hydrogen (secondary N) is 1. The van der Waals surface area contributed by atoms with Crippen LogP contribution in [-0.2, 0) is 11.2 Å². The average Bonchev–Trinajstić information content (AvgIpc) is 2.73. The third kappa shape index (κ3) is 5.94. The van der Waals surface area contributed by atoms with Gasteiger partial charge in [0.05, 0.1) is 44.1 Å². The third-order valence-electron chi connectivity index (χ3n) is 4.45. The molecule has 0 saturated heterocycles. The van der Waals surface area contributed by atoms with Gasteiger partial charge in [-0.25, -0.2) is 5.43 Å². The zero-order valence-corrected chi connectivity index (χ0v) is 17.4. The lowest BCUT2D eigenvalue weighted by Crippen LogP contribution is -2.17. The fraction of sp³-hybridized carbons (Fsp3) is 0.333. The quantitative estimate of drug-likeness (QED) is 0.362. The van der Waals surface area contributed by atoms with Gasteiger partial charge in [0.15, 0.2) is 11.5 Å². The Morgan fingerprint density at radius 1 is 1.10 bits per heavy atom. The van der Waals surface area contributed by atoms with E-state index >= 15 is 0 Å². The van der Waals surface area contributed by atoms with E-state index < -0.39 is 4.92 Å². The maximum atomic E-state index is 12.0. The number of hydrogen-bond acceptors (Lipinski definition) is 7. The molecule has 0 aliphatic rings. The van der Waals surface area contributed by atoms with E-state index in [0.29, 0.717) is 12.2 Å². The van der Waals surface area contributed by atoms with Crippen molar-refractivity contribution >= 4 is 17.8 Å². The van der Waals surface area contributed by atoms with Crippen LogP contribution >= 0.6 is 0 Å². The van der Waals surface area contributed by atoms with E-state index in [9.17, 15) is 14.9 Å². The molecule has 2 rings (SSSR count). The van der Waals surface area contributed by atoms with Crippen molar-refractivity contribution in [2.24, 2.45) is 5.10 Å². The van der Waals surface area contributed by atoms with Gasteiger partial charge in [0.1, 0.15) is 5.75 Å². The van der Waals surface area contributed by atoms with Crippen LogP contribution in [0.3, 0.4) is 0 Å². The molecule has 0 fully saturated rings. The van der Waals surface area contributed by atoms with E-state index in [1.165, 1.54) is 32.6 Å². The molecule has 9 nitrogen and oxygen atoms in total. The largest absolute Gasteiger partial charge is 0.496 e. The Labute approximate surface area is 174 Å². The first kappa shape index (κ1) is 22.7. The fourth-order valence-electron chi connectivity index (χ4n) is 2.92. The number of amides is 1. The molecule has 30 heavy (non-hydrogen) atoms. The first-order valence-electron chi connectivity index (χ1n) is 9.25. The molecule has 0 bridgehead atoms. The highest BCUT2D eigenvalue weighted by molar-refractivity contribution is 5.88. The number of rotatable bonds is 10. The third-order valence-corrected chi connectivity index (χ3v) is 4.45. The van der Waals surface area contributed by atoms with Crippen LogP contribution in [0, 0.1) is 17.0 Å². The molecule has 2 aromatic carbocycles. The molecule has 2 aromatic rings. The smallest absolute Gasteiger partial charge is 0.282 e. The molecule has 0 heterocycles. The summed E-state index contributed by atoms with van der Waals surface area (Å²) in [5, 5.41) is 15.1. The van der Waals surface area contributed by atoms with Crippen molar-refractivity contribution in [1.82, 2.24) is 5.43 Å². The van der Waals surface area contributed by atoms with Gasteiger partial charge in [-0.3, -0.25) is 14.9 Å². The molecule has 0 aromatic heterocycles. The van der Waals surface area contributed by atoms with Crippen LogP contribution in [0.1, 0.15) is 29.5 Å². The van der Waals surface area contributed by atoms with Crippen molar-refractivity contribution in [2.75, 3.05) is 21.3 Å². The molecule has 0 radical (unpaired) electrons. The minimum absolute atomic E-state index is 0.187. The number of hydrogen-bond donors (Lipinski definition) is 1. The van der Waals surface area contributed by atoms with Gasteiger partial charge < -0.3 is 14.2 Å². The fourth-order valence-corrected chi connectivity index (χ4v) is 2.92. The SMILES string of the molecule is COc1ccc(CCCC(=O)N/N=C\c2cc(OC)c(OC)cc2[N+](=O)[O-])cc1C. The van der Waals surface area contributed by atoms with Gasteiger partial charge in [0.2, 0.25) is 5.91 Å². The van der Waals surface area contributed by atoms with Crippen LogP contribution < -0.4 is 19.6 Å². The topological polar surface area (TPSA) is 112 Å². The van der Waals surface area contributed by atoms with Crippen LogP contribution in [0.5, 0.6) is 17.2 Å². The van der Waals surface area contributed by atoms with E-state index in [1.807, 2.05) is 25.1 Å². The highest BCUT2D eigenvalue weighted by atomic mass is 16.6. The lowest BCUT2D eigenvalue weighted by Gasteiger charge is -2.08. The summed E-state index contributed by atoms with van der Waals surface area (Å²) >= 11 is 0. The number of carbonyl (C=O) groups excluding carboxylic acids is 1. The second-order valence-electron chi connectivity index (χ2n) is 6.47. The van der Waals surface area contributed by atoms with Crippen LogP contribution in [0.25, 0.3) is 0 Å². The number of carbonyl (C=O) groups is 1. The van der Waals surface area contributed by atoms with Gasteiger partial charge in [-0.05, 0) is 43.0 Å². The molecule has 160 valence electrons. The maximum absolute atomic E-state index is 12.0. The monoisotopic (exact) mass is 415 g/mol. The predicted octanol–water partition coefficient (Wildman–Crippen LogP) is 3.40. The number of nitro groups is 1. The molecule has 0 spiro atoms. The minimum atomic E-state index is -0.554. The molecular formula is C21H25N3O6. The van der Waals surface area contributed by atoms with Crippen molar-refractivity contribution in [3.8, 4) is 17.2 Å². The molecule has 0 aliphatic carbocycles. The Hall–Kier alpha value is -3.62. The van der Waals surface area contributed by atoms with Crippen LogP contribution in [0.15, 0.2) is 35.4 Å². The van der Waals surface area contributed by atoms with Crippen molar-refractivity contribution in [1.29, 1.82) is 0 Å². The first-order valence-corrected chi connectivity index (χ1v) is 9.25. The van der Waals surface area contributed by atoms with Crippen LogP contribution in [0.2, 0.25) is 0 Å². The second-order valence-corrected chi connectivity index (χ2v) is 6.47. The van der Waals surface area contributed by atoms with E-state index in [-0.39, 0.29) is 29.3 Å². The number of nitrogens with zero attached hydrogens (tertiary/aromatic N) is 2. The first-order chi connectivity index (χ1) is 14.4. The maximum Gasteiger partial charge on any atom is 0.282 e. The Morgan fingerprint density at radius 3 is 2.37 bits per heavy atom. The van der Waals surface area contributed by atoms with Gasteiger partial charge in [0.25, 0.3) is 5.69 Å². The number of methoxy groups -OCH3 is 3. The lowest BCUT2D eigenvalue weighted by atomic mass is 10.1. The average molecular weight is 415 g/mol. The summed E-state index contributed by atoms with van der Waals surface area (Å²) in [6.07, 6.45) is 2.87. The van der Waals surface area contributed by atoms with Gasteiger partial charge >= 0.3 is 0 Å². The van der Waals surface area contributed by atoms with Gasteiger partial charge in [-0.1, -0.05) is 12.1 Å². The van der Waals surface area contributed by atoms with Gasteiger partial charge in [-0.15, -0.1) is 0 Å². The van der Waals surface area contributed by atoms with E-state index in [2.05, 4.69) is 10.5 Å². The van der Waals surface area contributed by atoms with Gasteiger partial charge in [-0.2, -0.15) is 5.10 Å². The summed E-state index contributed by atoms with van der Waals surface area (Å²) in [7, 11) is 4.45. The molecule has 0 saturated carbocycles. The molecule has 1 amide bonds. The Balaban J connectivity index is 1.94. The number of benzene rings is 2. The van der Waals surface area contributed by atoms with E-state index in [0.717, 1.165) is 23.3 Å². The summed E-state index contributed by atoms with van der Waals surface area (Å²) < 4.78 is 15.5. The van der Waals surface area contributed by atoms with E-state index in [1.54, 1.807) is 7.11 Å². The molecule has 0 unspecified atom stereocenters. The lowest BCUT2D eigenvalue weighted by molar-refractivity contribution is -0.385. The standard InChI is InChI=1S/C21H25N3O6/c1-14-10-15(8-9-18(14)28-2)6-5-7-21(25)23-22-13-16-11-19(29-3)20(30-4)12-17(16)24(26)27/h8-13H,5-7H2,1-4H3,(H,23,25)/b22-13-. The molecule has 0 atom stereocenters. The highest BCUT2D eigenvalue weighted by Crippen LogP contribution is 2.33. The molecule has 0 aliphatic heterocycles. The number of nitro benzene ring substituents is 1. The van der Waals surface area contributed by atoms with Crippen molar-refractivity contribution in [3.63, 3.8) is 0 Å². The van der Waals surface area contributed by atoms with Crippen LogP contribution in [0.4, 0.5) is 5.69 Å². The highest BCUT2D eigenvalue weighted by Gasteiger charge is 2.18. The number of hydrazone groups is 1. The number of aryl methyl sites for hydroxylation is 2. The molecule has 1 N–H and O–H groups in total. The van der Waals surface area contributed by atoms with Crippen molar-refractivity contribution in [3.05, 3.63) is 57.1 Å². The predicted molar refractivity (Wildman–Crippen MR) is 113 cm³/mol. The summed E-state index contributed by atoms with van der Waals surface area (Å²) in [6.45, 7) is 1.97. The normalized spacial score (nSPS) is 10.7. The zero-order chi connectivity index (χ0) is 22.1. The zero-order valence-electron chi connectivity index (χ0n) is 17.4. The molecular weight excluding hydrogens is 390 g/mol. The van der Waals surface area contributed by atoms with E-state index in [4.69, 9.17) is 14.2 Å². The van der Waals surface area contributed by atoms with Crippen LogP contribution in [-0.4, -0.2) is 38.4 Å². The number of ether oxygens (including phenoxy) is 3. The Kier molecular flexibility index (Phi) is 8.16. The summed E-state index contributed by atoms with van der Waals surface area (Å²) in [4.78, 5) is 22.7. The molecule has 9 heteroatoms. The van der Waals surface area contributed by atoms with Crippen molar-refractivity contribution < 1.29 is 23.9 Å².